The standard InChI is InChI=1S/C14H31NO/c1-13(2)7-5-9-15(11-12-16)10-6-8-14(3)4/h13-14,16H,5-12H2,1-4H3. The van der Waals surface area contributed by atoms with E-state index in [-0.39, 0.29) is 0 Å². The molecule has 0 rings (SSSR count). The fourth-order valence-corrected chi connectivity index (χ4v) is 1.92. The van der Waals surface area contributed by atoms with E-state index in [4.69, 9.17) is 5.11 Å². The van der Waals surface area contributed by atoms with E-state index in [0.717, 1.165) is 31.5 Å². The third-order valence-electron chi connectivity index (χ3n) is 2.93. The zero-order valence-corrected chi connectivity index (χ0v) is 11.7. The van der Waals surface area contributed by atoms with Gasteiger partial charge in [0.1, 0.15) is 0 Å². The molecule has 0 aromatic heterocycles. The van der Waals surface area contributed by atoms with Crippen LogP contribution in [0.4, 0.5) is 0 Å². The molecule has 2 heteroatoms. The molecule has 0 aliphatic heterocycles. The van der Waals surface area contributed by atoms with Gasteiger partial charge in [0.2, 0.25) is 0 Å². The third kappa shape index (κ3) is 10.4. The summed E-state index contributed by atoms with van der Waals surface area (Å²) in [7, 11) is 0. The monoisotopic (exact) mass is 229 g/mol. The van der Waals surface area contributed by atoms with Crippen LogP contribution >= 0.6 is 0 Å². The second-order valence-corrected chi connectivity index (χ2v) is 5.64. The third-order valence-corrected chi connectivity index (χ3v) is 2.93. The molecule has 0 aliphatic rings. The van der Waals surface area contributed by atoms with Crippen molar-refractivity contribution < 1.29 is 5.11 Å². The lowest BCUT2D eigenvalue weighted by molar-refractivity contribution is 0.187. The van der Waals surface area contributed by atoms with E-state index < -0.39 is 0 Å². The van der Waals surface area contributed by atoms with Gasteiger partial charge in [-0.15, -0.1) is 0 Å². The highest BCUT2D eigenvalue weighted by molar-refractivity contribution is 4.59. The predicted molar refractivity (Wildman–Crippen MR) is 71.7 cm³/mol. The maximum Gasteiger partial charge on any atom is 0.0558 e. The summed E-state index contributed by atoms with van der Waals surface area (Å²) in [6, 6.07) is 0. The van der Waals surface area contributed by atoms with Gasteiger partial charge in [-0.2, -0.15) is 0 Å². The normalized spacial score (nSPS) is 12.0. The van der Waals surface area contributed by atoms with Crippen molar-refractivity contribution in [2.75, 3.05) is 26.2 Å². The Morgan fingerprint density at radius 3 is 1.56 bits per heavy atom. The first-order valence-electron chi connectivity index (χ1n) is 6.89. The summed E-state index contributed by atoms with van der Waals surface area (Å²) < 4.78 is 0. The van der Waals surface area contributed by atoms with Crippen molar-refractivity contribution in [1.29, 1.82) is 0 Å². The molecule has 2 nitrogen and oxygen atoms in total. The van der Waals surface area contributed by atoms with Gasteiger partial charge in [-0.05, 0) is 50.6 Å². The van der Waals surface area contributed by atoms with E-state index in [9.17, 15) is 0 Å². The highest BCUT2D eigenvalue weighted by atomic mass is 16.3. The summed E-state index contributed by atoms with van der Waals surface area (Å²) in [6.07, 6.45) is 5.12. The molecule has 1 N–H and O–H groups in total. The predicted octanol–water partition coefficient (Wildman–Crippen LogP) is 3.15. The Bertz CT molecular complexity index is 132. The minimum absolute atomic E-state index is 0.295. The van der Waals surface area contributed by atoms with Crippen LogP contribution in [0.2, 0.25) is 0 Å². The van der Waals surface area contributed by atoms with Crippen LogP contribution in [-0.4, -0.2) is 36.2 Å². The maximum atomic E-state index is 9.01. The molecule has 0 spiro atoms. The summed E-state index contributed by atoms with van der Waals surface area (Å²) in [4.78, 5) is 2.41. The average molecular weight is 229 g/mol. The van der Waals surface area contributed by atoms with Crippen molar-refractivity contribution in [1.82, 2.24) is 4.90 Å². The molecule has 0 atom stereocenters. The molecule has 98 valence electrons. The molecule has 0 bridgehead atoms. The molecular formula is C14H31NO. The summed E-state index contributed by atoms with van der Waals surface area (Å²) in [5, 5.41) is 9.01. The number of hydrogen-bond acceptors (Lipinski definition) is 2. The fourth-order valence-electron chi connectivity index (χ4n) is 1.92. The van der Waals surface area contributed by atoms with Gasteiger partial charge >= 0.3 is 0 Å². The second kappa shape index (κ2) is 10.1. The van der Waals surface area contributed by atoms with E-state index in [1.54, 1.807) is 0 Å². The first-order valence-corrected chi connectivity index (χ1v) is 6.89. The molecule has 0 radical (unpaired) electrons. The smallest absolute Gasteiger partial charge is 0.0558 e. The molecular weight excluding hydrogens is 198 g/mol. The van der Waals surface area contributed by atoms with E-state index >= 15 is 0 Å². The first-order chi connectivity index (χ1) is 7.56. The zero-order valence-electron chi connectivity index (χ0n) is 11.7. The van der Waals surface area contributed by atoms with Gasteiger partial charge in [-0.25, -0.2) is 0 Å². The second-order valence-electron chi connectivity index (χ2n) is 5.64. The molecule has 0 heterocycles. The van der Waals surface area contributed by atoms with Gasteiger partial charge in [-0.1, -0.05) is 27.7 Å². The Morgan fingerprint density at radius 2 is 1.25 bits per heavy atom. The highest BCUT2D eigenvalue weighted by Crippen LogP contribution is 2.08. The summed E-state index contributed by atoms with van der Waals surface area (Å²) in [5.41, 5.74) is 0. The van der Waals surface area contributed by atoms with Gasteiger partial charge < -0.3 is 10.0 Å². The van der Waals surface area contributed by atoms with Crippen LogP contribution < -0.4 is 0 Å². The zero-order chi connectivity index (χ0) is 12.4. The summed E-state index contributed by atoms with van der Waals surface area (Å²) >= 11 is 0. The Hall–Kier alpha value is -0.0800. The first kappa shape index (κ1) is 15.9. The minimum Gasteiger partial charge on any atom is -0.395 e. The van der Waals surface area contributed by atoms with Crippen molar-refractivity contribution >= 4 is 0 Å². The molecule has 0 aliphatic carbocycles. The molecule has 0 saturated carbocycles. The Balaban J connectivity index is 3.61. The van der Waals surface area contributed by atoms with Crippen LogP contribution in [-0.2, 0) is 0 Å². The van der Waals surface area contributed by atoms with Crippen molar-refractivity contribution in [3.8, 4) is 0 Å². The largest absolute Gasteiger partial charge is 0.395 e. The summed E-state index contributed by atoms with van der Waals surface area (Å²) in [6.45, 7) is 12.5. The van der Waals surface area contributed by atoms with Gasteiger partial charge in [0.25, 0.3) is 0 Å². The lowest BCUT2D eigenvalue weighted by atomic mass is 10.1. The highest BCUT2D eigenvalue weighted by Gasteiger charge is 2.05. The Morgan fingerprint density at radius 1 is 0.812 bits per heavy atom. The molecule has 0 aromatic rings. The van der Waals surface area contributed by atoms with Crippen molar-refractivity contribution in [3.63, 3.8) is 0 Å². The van der Waals surface area contributed by atoms with Crippen LogP contribution in [0.1, 0.15) is 53.4 Å². The molecule has 0 saturated heterocycles. The molecule has 0 unspecified atom stereocenters. The van der Waals surface area contributed by atoms with E-state index in [2.05, 4.69) is 32.6 Å². The van der Waals surface area contributed by atoms with E-state index in [1.165, 1.54) is 25.7 Å². The van der Waals surface area contributed by atoms with Gasteiger partial charge in [0.05, 0.1) is 6.61 Å². The van der Waals surface area contributed by atoms with Crippen LogP contribution in [0, 0.1) is 11.8 Å². The number of hydrogen-bond donors (Lipinski definition) is 1. The average Bonchev–Trinajstić information content (AvgIpc) is 2.16. The van der Waals surface area contributed by atoms with Crippen LogP contribution in [0.15, 0.2) is 0 Å². The summed E-state index contributed by atoms with van der Waals surface area (Å²) in [5.74, 6) is 1.60. The molecule has 0 fully saturated rings. The number of rotatable bonds is 10. The van der Waals surface area contributed by atoms with Crippen molar-refractivity contribution in [2.24, 2.45) is 11.8 Å². The lowest BCUT2D eigenvalue weighted by Crippen LogP contribution is -2.29. The van der Waals surface area contributed by atoms with Gasteiger partial charge in [0, 0.05) is 6.54 Å². The Kier molecular flexibility index (Phi) is 10.0. The van der Waals surface area contributed by atoms with Crippen LogP contribution in [0.5, 0.6) is 0 Å². The Labute approximate surface area is 102 Å². The molecule has 0 amide bonds. The van der Waals surface area contributed by atoms with Crippen LogP contribution in [0.3, 0.4) is 0 Å². The number of aliphatic hydroxyl groups excluding tert-OH is 1. The number of aliphatic hydroxyl groups is 1. The van der Waals surface area contributed by atoms with Crippen LogP contribution in [0.25, 0.3) is 0 Å². The van der Waals surface area contributed by atoms with Crippen molar-refractivity contribution in [3.05, 3.63) is 0 Å². The maximum absolute atomic E-state index is 9.01. The lowest BCUT2D eigenvalue weighted by Gasteiger charge is -2.22. The molecule has 16 heavy (non-hydrogen) atoms. The SMILES string of the molecule is CC(C)CCCN(CCO)CCCC(C)C. The quantitative estimate of drug-likeness (QED) is 0.622. The molecule has 0 aromatic carbocycles. The van der Waals surface area contributed by atoms with Gasteiger partial charge in [0.15, 0.2) is 0 Å². The van der Waals surface area contributed by atoms with Crippen molar-refractivity contribution in [2.45, 2.75) is 53.4 Å². The topological polar surface area (TPSA) is 23.5 Å². The van der Waals surface area contributed by atoms with E-state index in [1.807, 2.05) is 0 Å². The number of nitrogens with zero attached hydrogens (tertiary/aromatic N) is 1. The minimum atomic E-state index is 0.295. The van der Waals surface area contributed by atoms with Gasteiger partial charge in [-0.3, -0.25) is 0 Å². The van der Waals surface area contributed by atoms with E-state index in [0.29, 0.717) is 6.61 Å². The fraction of sp³-hybridized carbons (Fsp3) is 1.00.